The zero-order valence-electron chi connectivity index (χ0n) is 15.8. The molecule has 7 nitrogen and oxygen atoms in total. The molecule has 0 amide bonds. The molecule has 2 heterocycles. The first kappa shape index (κ1) is 20.8. The van der Waals surface area contributed by atoms with Crippen molar-refractivity contribution in [2.24, 2.45) is 5.92 Å². The number of aliphatic carboxylic acids is 1. The Morgan fingerprint density at radius 1 is 1.30 bits per heavy atom. The van der Waals surface area contributed by atoms with Crippen molar-refractivity contribution in [1.82, 2.24) is 14.5 Å². The highest BCUT2D eigenvalue weighted by atomic mass is 35.5. The number of sulfonamides is 1. The molecule has 30 heavy (non-hydrogen) atoms. The largest absolute Gasteiger partial charge is 0.480 e. The van der Waals surface area contributed by atoms with E-state index < -0.39 is 33.4 Å². The summed E-state index contributed by atoms with van der Waals surface area (Å²) in [5.41, 5.74) is -0.179. The second kappa shape index (κ2) is 7.35. The first-order valence-electron chi connectivity index (χ1n) is 8.99. The maximum absolute atomic E-state index is 13.0. The van der Waals surface area contributed by atoms with Gasteiger partial charge >= 0.3 is 5.97 Å². The summed E-state index contributed by atoms with van der Waals surface area (Å²) in [6.07, 6.45) is 3.16. The zero-order chi connectivity index (χ0) is 21.7. The third kappa shape index (κ3) is 3.37. The highest BCUT2D eigenvalue weighted by Crippen LogP contribution is 2.58. The van der Waals surface area contributed by atoms with Crippen LogP contribution in [-0.4, -0.2) is 34.8 Å². The van der Waals surface area contributed by atoms with Crippen LogP contribution in [-0.2, 0) is 14.8 Å². The Labute approximate surface area is 182 Å². The van der Waals surface area contributed by atoms with Gasteiger partial charge in [-0.3, -0.25) is 4.79 Å². The molecular weight excluding hydrogens is 446 g/mol. The lowest BCUT2D eigenvalue weighted by Crippen LogP contribution is -2.45. The van der Waals surface area contributed by atoms with E-state index in [1.807, 2.05) is 18.2 Å². The third-order valence-electron chi connectivity index (χ3n) is 5.37. The Balaban J connectivity index is 1.63. The molecule has 0 saturated heterocycles. The van der Waals surface area contributed by atoms with Crippen LogP contribution in [0.25, 0.3) is 10.0 Å². The predicted octanol–water partition coefficient (Wildman–Crippen LogP) is 3.68. The van der Waals surface area contributed by atoms with Gasteiger partial charge < -0.3 is 5.11 Å². The van der Waals surface area contributed by atoms with E-state index in [0.717, 1.165) is 16.9 Å². The van der Waals surface area contributed by atoms with Gasteiger partial charge in [0, 0.05) is 22.7 Å². The quantitative estimate of drug-likeness (QED) is 0.556. The predicted molar refractivity (Wildman–Crippen MR) is 115 cm³/mol. The number of carboxylic acid groups (broad SMARTS) is 1. The fourth-order valence-corrected chi connectivity index (χ4v) is 6.52. The van der Waals surface area contributed by atoms with Crippen LogP contribution in [0.1, 0.15) is 24.0 Å². The van der Waals surface area contributed by atoms with E-state index in [4.69, 9.17) is 11.6 Å². The standard InChI is InChI=1S/C20H18ClN3O4S2/c1-12-18(14-6-4-3-5-7-14)20(12,19(25)26)23-30(27,28)17-9-8-16(29-17)24-11-15(10-22-24)13(2)21/h3-12,18,23H,2H2,1H3,(H,25,26)/t12?,18-,20-/m0/s1. The minimum absolute atomic E-state index is 0.00536. The number of hydrogen-bond acceptors (Lipinski definition) is 5. The van der Waals surface area contributed by atoms with E-state index in [0.29, 0.717) is 15.6 Å². The van der Waals surface area contributed by atoms with Gasteiger partial charge in [-0.15, -0.1) is 11.3 Å². The van der Waals surface area contributed by atoms with Crippen LogP contribution < -0.4 is 4.72 Å². The molecule has 10 heteroatoms. The Bertz CT molecular complexity index is 1240. The number of nitrogens with zero attached hydrogens (tertiary/aromatic N) is 2. The molecule has 1 saturated carbocycles. The molecule has 1 aliphatic rings. The Morgan fingerprint density at radius 3 is 2.60 bits per heavy atom. The van der Waals surface area contributed by atoms with Crippen molar-refractivity contribution in [1.29, 1.82) is 0 Å². The lowest BCUT2D eigenvalue weighted by atomic mass is 10.1. The zero-order valence-corrected chi connectivity index (χ0v) is 18.2. The summed E-state index contributed by atoms with van der Waals surface area (Å²) >= 11 is 6.84. The van der Waals surface area contributed by atoms with Gasteiger partial charge in [-0.1, -0.05) is 55.4 Å². The number of benzene rings is 1. The Hall–Kier alpha value is -2.46. The van der Waals surface area contributed by atoms with Crippen molar-refractivity contribution in [3.63, 3.8) is 0 Å². The van der Waals surface area contributed by atoms with E-state index in [1.165, 1.54) is 16.9 Å². The van der Waals surface area contributed by atoms with Gasteiger partial charge in [0.05, 0.1) is 6.20 Å². The smallest absolute Gasteiger partial charge is 0.325 e. The Morgan fingerprint density at radius 2 is 2.00 bits per heavy atom. The summed E-state index contributed by atoms with van der Waals surface area (Å²) < 4.78 is 30.0. The number of aromatic nitrogens is 2. The fourth-order valence-electron chi connectivity index (χ4n) is 3.73. The minimum atomic E-state index is -4.07. The normalized spacial score (nSPS) is 23.3. The monoisotopic (exact) mass is 463 g/mol. The lowest BCUT2D eigenvalue weighted by Gasteiger charge is -2.15. The first-order valence-corrected chi connectivity index (χ1v) is 11.7. The summed E-state index contributed by atoms with van der Waals surface area (Å²) in [4.78, 5) is 12.1. The number of carboxylic acids is 1. The van der Waals surface area contributed by atoms with Crippen LogP contribution in [0.4, 0.5) is 0 Å². The molecule has 156 valence electrons. The van der Waals surface area contributed by atoms with Gasteiger partial charge in [0.1, 0.15) is 14.7 Å². The molecule has 0 bridgehead atoms. The summed E-state index contributed by atoms with van der Waals surface area (Å²) in [5.74, 6) is -2.04. The molecule has 1 aromatic carbocycles. The topological polar surface area (TPSA) is 101 Å². The molecule has 3 atom stereocenters. The second-order valence-electron chi connectivity index (χ2n) is 7.13. The van der Waals surface area contributed by atoms with Crippen molar-refractivity contribution in [2.45, 2.75) is 22.6 Å². The number of carbonyl (C=O) groups is 1. The summed E-state index contributed by atoms with van der Waals surface area (Å²) in [6, 6.07) is 12.1. The molecule has 1 unspecified atom stereocenters. The number of nitrogens with one attached hydrogen (secondary N) is 1. The van der Waals surface area contributed by atoms with Crippen LogP contribution in [0.15, 0.2) is 65.6 Å². The maximum Gasteiger partial charge on any atom is 0.325 e. The van der Waals surface area contributed by atoms with Crippen LogP contribution in [0.2, 0.25) is 0 Å². The summed E-state index contributed by atoms with van der Waals surface area (Å²) in [6.45, 7) is 5.37. The van der Waals surface area contributed by atoms with Crippen molar-refractivity contribution < 1.29 is 18.3 Å². The lowest BCUT2D eigenvalue weighted by molar-refractivity contribution is -0.140. The number of rotatable bonds is 7. The molecule has 0 radical (unpaired) electrons. The summed E-state index contributed by atoms with van der Waals surface area (Å²) in [5, 5.41) is 14.9. The summed E-state index contributed by atoms with van der Waals surface area (Å²) in [7, 11) is -4.07. The molecule has 0 spiro atoms. The molecule has 4 rings (SSSR count). The second-order valence-corrected chi connectivity index (χ2v) is 10.6. The van der Waals surface area contributed by atoms with Gasteiger partial charge in [0.15, 0.2) is 0 Å². The molecule has 1 aliphatic carbocycles. The SMILES string of the molecule is C=C(Cl)c1cnn(-c2ccc(S(=O)(=O)N[C@@]3(C(=O)O)C(C)[C@H]3c3ccccc3)s2)c1. The third-order valence-corrected chi connectivity index (χ3v) is 8.64. The molecule has 3 aromatic rings. The van der Waals surface area contributed by atoms with Crippen LogP contribution in [0.5, 0.6) is 0 Å². The molecule has 2 N–H and O–H groups in total. The fraction of sp³-hybridized carbons (Fsp3) is 0.200. The van der Waals surface area contributed by atoms with Gasteiger partial charge in [-0.05, 0) is 23.6 Å². The van der Waals surface area contributed by atoms with E-state index >= 15 is 0 Å². The molecule has 0 aliphatic heterocycles. The molecule has 2 aromatic heterocycles. The first-order chi connectivity index (χ1) is 14.2. The van der Waals surface area contributed by atoms with Crippen molar-refractivity contribution in [3.05, 3.63) is 72.6 Å². The van der Waals surface area contributed by atoms with Gasteiger partial charge in [-0.25, -0.2) is 13.1 Å². The number of hydrogen-bond donors (Lipinski definition) is 2. The Kier molecular flexibility index (Phi) is 5.09. The van der Waals surface area contributed by atoms with Crippen molar-refractivity contribution >= 4 is 44.0 Å². The maximum atomic E-state index is 13.0. The van der Waals surface area contributed by atoms with E-state index in [2.05, 4.69) is 16.4 Å². The van der Waals surface area contributed by atoms with Crippen LogP contribution in [0.3, 0.4) is 0 Å². The van der Waals surface area contributed by atoms with E-state index in [1.54, 1.807) is 31.3 Å². The van der Waals surface area contributed by atoms with Crippen LogP contribution in [0, 0.1) is 5.92 Å². The minimum Gasteiger partial charge on any atom is -0.480 e. The molecule has 1 fully saturated rings. The number of halogens is 1. The van der Waals surface area contributed by atoms with Gasteiger partial charge in [0.25, 0.3) is 10.0 Å². The average Bonchev–Trinajstić information content (AvgIpc) is 3.14. The highest BCUT2D eigenvalue weighted by molar-refractivity contribution is 7.91. The van der Waals surface area contributed by atoms with Crippen LogP contribution >= 0.6 is 22.9 Å². The van der Waals surface area contributed by atoms with E-state index in [9.17, 15) is 18.3 Å². The van der Waals surface area contributed by atoms with Gasteiger partial charge in [0.2, 0.25) is 0 Å². The van der Waals surface area contributed by atoms with Crippen molar-refractivity contribution in [3.8, 4) is 5.00 Å². The average molecular weight is 464 g/mol. The number of thiophene rings is 1. The van der Waals surface area contributed by atoms with Gasteiger partial charge in [-0.2, -0.15) is 9.82 Å². The highest BCUT2D eigenvalue weighted by Gasteiger charge is 2.70. The molecular formula is C20H18ClN3O4S2. The van der Waals surface area contributed by atoms with E-state index in [-0.39, 0.29) is 4.21 Å². The van der Waals surface area contributed by atoms with Crippen molar-refractivity contribution in [2.75, 3.05) is 0 Å².